The van der Waals surface area contributed by atoms with E-state index < -0.39 is 11.7 Å². The minimum atomic E-state index is -0.464. The van der Waals surface area contributed by atoms with Crippen LogP contribution >= 0.6 is 0 Å². The molecule has 0 radical (unpaired) electrons. The Bertz CT molecular complexity index is 1180. The lowest BCUT2D eigenvalue weighted by molar-refractivity contribution is 0.102. The second-order valence-electron chi connectivity index (χ2n) is 6.86. The van der Waals surface area contributed by atoms with E-state index >= 15 is 0 Å². The minimum absolute atomic E-state index is 0.234. The second kappa shape index (κ2) is 8.21. The minimum Gasteiger partial charge on any atom is -0.497 e. The summed E-state index contributed by atoms with van der Waals surface area (Å²) in [6.07, 6.45) is 0. The van der Waals surface area contributed by atoms with Crippen molar-refractivity contribution < 1.29 is 13.9 Å². The Kier molecular flexibility index (Phi) is 5.30. The molecule has 3 aromatic carbocycles. The van der Waals surface area contributed by atoms with E-state index in [-0.39, 0.29) is 5.56 Å². The molecule has 0 spiro atoms. The van der Waals surface area contributed by atoms with Crippen LogP contribution in [0.3, 0.4) is 0 Å². The number of nitrogens with zero attached hydrogens (tertiary/aromatic N) is 2. The van der Waals surface area contributed by atoms with E-state index in [1.54, 1.807) is 23.9 Å². The molecular formula is C24H20FN3O2. The van der Waals surface area contributed by atoms with Gasteiger partial charge in [-0.05, 0) is 61.5 Å². The van der Waals surface area contributed by atoms with Crippen molar-refractivity contribution in [3.63, 3.8) is 0 Å². The summed E-state index contributed by atoms with van der Waals surface area (Å²) in [5.74, 6) is 0.355. The zero-order valence-electron chi connectivity index (χ0n) is 16.6. The number of methoxy groups -OCH3 is 1. The molecule has 0 aliphatic carbocycles. The van der Waals surface area contributed by atoms with Crippen LogP contribution in [0, 0.1) is 12.7 Å². The summed E-state index contributed by atoms with van der Waals surface area (Å²) >= 11 is 0. The van der Waals surface area contributed by atoms with Crippen LogP contribution in [0.4, 0.5) is 10.2 Å². The smallest absolute Gasteiger partial charge is 0.256 e. The Morgan fingerprint density at radius 1 is 1.00 bits per heavy atom. The molecule has 1 N–H and O–H groups in total. The molecule has 6 heteroatoms. The summed E-state index contributed by atoms with van der Waals surface area (Å²) in [4.78, 5) is 12.7. The Labute approximate surface area is 173 Å². The van der Waals surface area contributed by atoms with Crippen LogP contribution in [0.15, 0.2) is 78.9 Å². The van der Waals surface area contributed by atoms with Gasteiger partial charge in [0.2, 0.25) is 0 Å². The molecule has 4 aromatic rings. The van der Waals surface area contributed by atoms with Gasteiger partial charge in [0.1, 0.15) is 17.4 Å². The van der Waals surface area contributed by atoms with Gasteiger partial charge in [-0.3, -0.25) is 4.79 Å². The van der Waals surface area contributed by atoms with E-state index in [0.717, 1.165) is 22.6 Å². The fraction of sp³-hybridized carbons (Fsp3) is 0.0833. The first-order valence-corrected chi connectivity index (χ1v) is 9.42. The molecule has 30 heavy (non-hydrogen) atoms. The van der Waals surface area contributed by atoms with E-state index in [1.807, 2.05) is 55.5 Å². The van der Waals surface area contributed by atoms with Gasteiger partial charge in [0.15, 0.2) is 0 Å². The molecule has 150 valence electrons. The van der Waals surface area contributed by atoms with E-state index in [2.05, 4.69) is 10.4 Å². The number of carbonyl (C=O) groups excluding carboxylic acids is 1. The van der Waals surface area contributed by atoms with Crippen LogP contribution in [0.5, 0.6) is 5.75 Å². The average molecular weight is 401 g/mol. The number of nitrogens with one attached hydrogen (secondary N) is 1. The highest BCUT2D eigenvalue weighted by atomic mass is 19.1. The van der Waals surface area contributed by atoms with E-state index in [0.29, 0.717) is 11.5 Å². The third-order valence-corrected chi connectivity index (χ3v) is 4.70. The van der Waals surface area contributed by atoms with Gasteiger partial charge in [-0.15, -0.1) is 0 Å². The van der Waals surface area contributed by atoms with Crippen LogP contribution in [0.1, 0.15) is 15.9 Å². The standard InChI is InChI=1S/C24H20FN3O2/c1-16-6-10-20(11-7-16)28-23(26-24(29)18-4-3-5-19(25)14-18)15-22(27-28)17-8-12-21(30-2)13-9-17/h3-15H,1-2H3,(H,26,29). The number of hydrogen-bond acceptors (Lipinski definition) is 3. The van der Waals surface area contributed by atoms with Gasteiger partial charge in [-0.1, -0.05) is 23.8 Å². The lowest BCUT2D eigenvalue weighted by Crippen LogP contribution is -2.15. The van der Waals surface area contributed by atoms with Crippen molar-refractivity contribution in [2.75, 3.05) is 12.4 Å². The van der Waals surface area contributed by atoms with Crippen molar-refractivity contribution in [1.29, 1.82) is 0 Å². The molecule has 0 aliphatic rings. The number of aryl methyl sites for hydroxylation is 1. The molecule has 1 aromatic heterocycles. The molecule has 5 nitrogen and oxygen atoms in total. The van der Waals surface area contributed by atoms with Gasteiger partial charge in [-0.2, -0.15) is 5.10 Å². The van der Waals surface area contributed by atoms with Gasteiger partial charge < -0.3 is 10.1 Å². The van der Waals surface area contributed by atoms with Gasteiger partial charge in [0.05, 0.1) is 18.5 Å². The third kappa shape index (κ3) is 4.07. The number of benzene rings is 3. The first-order valence-electron chi connectivity index (χ1n) is 9.42. The highest BCUT2D eigenvalue weighted by Crippen LogP contribution is 2.27. The van der Waals surface area contributed by atoms with Crippen molar-refractivity contribution in [3.8, 4) is 22.7 Å². The van der Waals surface area contributed by atoms with Crippen LogP contribution in [-0.2, 0) is 0 Å². The van der Waals surface area contributed by atoms with Gasteiger partial charge in [-0.25, -0.2) is 9.07 Å². The average Bonchev–Trinajstić information content (AvgIpc) is 3.18. The van der Waals surface area contributed by atoms with Crippen molar-refractivity contribution in [2.45, 2.75) is 6.92 Å². The summed E-state index contributed by atoms with van der Waals surface area (Å²) in [5.41, 5.74) is 3.72. The number of rotatable bonds is 5. The zero-order valence-corrected chi connectivity index (χ0v) is 16.6. The SMILES string of the molecule is COc1ccc(-c2cc(NC(=O)c3cccc(F)c3)n(-c3ccc(C)cc3)n2)cc1. The molecule has 1 amide bonds. The molecule has 0 saturated heterocycles. The third-order valence-electron chi connectivity index (χ3n) is 4.70. The van der Waals surface area contributed by atoms with E-state index in [1.165, 1.54) is 18.2 Å². The predicted molar refractivity (Wildman–Crippen MR) is 115 cm³/mol. The van der Waals surface area contributed by atoms with Crippen LogP contribution in [-0.4, -0.2) is 22.8 Å². The number of halogens is 1. The molecule has 4 rings (SSSR count). The number of ether oxygens (including phenoxy) is 1. The molecule has 0 unspecified atom stereocenters. The Balaban J connectivity index is 1.73. The molecule has 1 heterocycles. The quantitative estimate of drug-likeness (QED) is 0.497. The second-order valence-corrected chi connectivity index (χ2v) is 6.86. The van der Waals surface area contributed by atoms with E-state index in [4.69, 9.17) is 4.74 Å². The largest absolute Gasteiger partial charge is 0.497 e. The zero-order chi connectivity index (χ0) is 21.1. The summed E-state index contributed by atoms with van der Waals surface area (Å²) in [6, 6.07) is 22.7. The lowest BCUT2D eigenvalue weighted by atomic mass is 10.1. The van der Waals surface area contributed by atoms with Crippen molar-refractivity contribution in [1.82, 2.24) is 9.78 Å². The van der Waals surface area contributed by atoms with Gasteiger partial charge in [0, 0.05) is 17.2 Å². The number of carbonyl (C=O) groups is 1. The summed E-state index contributed by atoms with van der Waals surface area (Å²) < 4.78 is 20.4. The topological polar surface area (TPSA) is 56.1 Å². The van der Waals surface area contributed by atoms with Gasteiger partial charge >= 0.3 is 0 Å². The van der Waals surface area contributed by atoms with E-state index in [9.17, 15) is 9.18 Å². The fourth-order valence-electron chi connectivity index (χ4n) is 3.07. The molecule has 0 atom stereocenters. The number of amides is 1. The molecule has 0 fully saturated rings. The van der Waals surface area contributed by atoms with Crippen molar-refractivity contribution in [3.05, 3.63) is 95.8 Å². The summed E-state index contributed by atoms with van der Waals surface area (Å²) in [5, 5.41) is 7.54. The summed E-state index contributed by atoms with van der Waals surface area (Å²) in [7, 11) is 1.61. The Morgan fingerprint density at radius 2 is 1.73 bits per heavy atom. The fourth-order valence-corrected chi connectivity index (χ4v) is 3.07. The highest BCUT2D eigenvalue weighted by molar-refractivity contribution is 6.04. The van der Waals surface area contributed by atoms with Crippen LogP contribution < -0.4 is 10.1 Å². The number of aromatic nitrogens is 2. The monoisotopic (exact) mass is 401 g/mol. The highest BCUT2D eigenvalue weighted by Gasteiger charge is 2.15. The maximum atomic E-state index is 13.5. The molecule has 0 aliphatic heterocycles. The lowest BCUT2D eigenvalue weighted by Gasteiger charge is -2.09. The normalized spacial score (nSPS) is 10.6. The molecule has 0 bridgehead atoms. The maximum absolute atomic E-state index is 13.5. The number of hydrogen-bond donors (Lipinski definition) is 1. The molecule has 0 saturated carbocycles. The Hall–Kier alpha value is -3.93. The maximum Gasteiger partial charge on any atom is 0.256 e. The van der Waals surface area contributed by atoms with Crippen molar-refractivity contribution >= 4 is 11.7 Å². The first kappa shape index (κ1) is 19.4. The number of anilines is 1. The van der Waals surface area contributed by atoms with Crippen molar-refractivity contribution in [2.24, 2.45) is 0 Å². The first-order chi connectivity index (χ1) is 14.5. The molecular weight excluding hydrogens is 381 g/mol. The predicted octanol–water partition coefficient (Wildman–Crippen LogP) is 5.25. The van der Waals surface area contributed by atoms with Crippen LogP contribution in [0.25, 0.3) is 16.9 Å². The summed E-state index contributed by atoms with van der Waals surface area (Å²) in [6.45, 7) is 2.00. The van der Waals surface area contributed by atoms with Gasteiger partial charge in [0.25, 0.3) is 5.91 Å². The Morgan fingerprint density at radius 3 is 2.40 bits per heavy atom. The van der Waals surface area contributed by atoms with Crippen LogP contribution in [0.2, 0.25) is 0 Å².